The fraction of sp³-hybridized carbons (Fsp3) is 0.667. The summed E-state index contributed by atoms with van der Waals surface area (Å²) < 4.78 is 0. The molecule has 3 N–H and O–H groups in total. The Morgan fingerprint density at radius 1 is 1.53 bits per heavy atom. The first-order valence-corrected chi connectivity index (χ1v) is 5.72. The van der Waals surface area contributed by atoms with Gasteiger partial charge in [0.05, 0.1) is 0 Å². The van der Waals surface area contributed by atoms with Crippen molar-refractivity contribution in [1.29, 1.82) is 0 Å². The molecule has 0 unspecified atom stereocenters. The molecule has 0 aliphatic heterocycles. The summed E-state index contributed by atoms with van der Waals surface area (Å²) in [4.78, 5) is 11.7. The van der Waals surface area contributed by atoms with Crippen LogP contribution in [0.15, 0.2) is 0 Å². The molecular formula is C9H14N4OS. The van der Waals surface area contributed by atoms with Crippen LogP contribution in [0.25, 0.3) is 0 Å². The van der Waals surface area contributed by atoms with E-state index in [0.29, 0.717) is 16.1 Å². The van der Waals surface area contributed by atoms with Gasteiger partial charge in [0.1, 0.15) is 0 Å². The lowest BCUT2D eigenvalue weighted by atomic mass is 9.99. The number of carbonyl (C=O) groups is 1. The van der Waals surface area contributed by atoms with Gasteiger partial charge in [-0.25, -0.2) is 0 Å². The quantitative estimate of drug-likeness (QED) is 0.807. The maximum Gasteiger partial charge on any atom is 0.282 e. The lowest BCUT2D eigenvalue weighted by Crippen LogP contribution is -2.45. The van der Waals surface area contributed by atoms with E-state index in [1.54, 1.807) is 0 Å². The largest absolute Gasteiger partial charge is 0.374 e. The second-order valence-corrected chi connectivity index (χ2v) is 5.40. The molecule has 0 radical (unpaired) electrons. The first-order valence-electron chi connectivity index (χ1n) is 4.90. The van der Waals surface area contributed by atoms with Crippen LogP contribution in [-0.4, -0.2) is 21.6 Å². The normalized spacial score (nSPS) is 16.4. The van der Waals surface area contributed by atoms with Crippen molar-refractivity contribution >= 4 is 22.4 Å². The van der Waals surface area contributed by atoms with Gasteiger partial charge in [-0.2, -0.15) is 0 Å². The van der Waals surface area contributed by atoms with E-state index in [4.69, 9.17) is 5.73 Å². The van der Waals surface area contributed by atoms with Crippen LogP contribution >= 0.6 is 11.3 Å². The lowest BCUT2D eigenvalue weighted by Gasteiger charge is -2.25. The topological polar surface area (TPSA) is 80.9 Å². The Hall–Kier alpha value is -1.17. The van der Waals surface area contributed by atoms with Crippen molar-refractivity contribution < 1.29 is 4.79 Å². The predicted molar refractivity (Wildman–Crippen MR) is 58.6 cm³/mol. The third-order valence-electron chi connectivity index (χ3n) is 2.67. The fourth-order valence-corrected chi connectivity index (χ4v) is 2.08. The number of nitrogen functional groups attached to an aromatic ring is 1. The molecule has 0 atom stereocenters. The highest BCUT2D eigenvalue weighted by atomic mass is 32.1. The first-order chi connectivity index (χ1) is 6.99. The molecule has 1 aromatic rings. The van der Waals surface area contributed by atoms with Gasteiger partial charge in [0, 0.05) is 5.54 Å². The van der Waals surface area contributed by atoms with Crippen LogP contribution in [0.5, 0.6) is 0 Å². The average Bonchev–Trinajstić information content (AvgIpc) is 2.89. The summed E-state index contributed by atoms with van der Waals surface area (Å²) in [6.45, 7) is 4.07. The molecular weight excluding hydrogens is 212 g/mol. The number of carbonyl (C=O) groups excluding carboxylic acids is 1. The Morgan fingerprint density at radius 2 is 2.20 bits per heavy atom. The number of hydrogen-bond acceptors (Lipinski definition) is 5. The van der Waals surface area contributed by atoms with Gasteiger partial charge >= 0.3 is 0 Å². The summed E-state index contributed by atoms with van der Waals surface area (Å²) in [5, 5.41) is 10.9. The third kappa shape index (κ3) is 2.26. The third-order valence-corrected chi connectivity index (χ3v) is 3.42. The van der Waals surface area contributed by atoms with Crippen LogP contribution in [0, 0.1) is 5.92 Å². The van der Waals surface area contributed by atoms with Gasteiger partial charge in [-0.1, -0.05) is 11.3 Å². The molecule has 2 rings (SSSR count). The summed E-state index contributed by atoms with van der Waals surface area (Å²) in [6, 6.07) is 0. The van der Waals surface area contributed by atoms with Crippen molar-refractivity contribution in [2.24, 2.45) is 5.92 Å². The predicted octanol–water partition coefficient (Wildman–Crippen LogP) is 1.04. The fourth-order valence-electron chi connectivity index (χ4n) is 1.58. The van der Waals surface area contributed by atoms with Crippen molar-refractivity contribution in [2.75, 3.05) is 5.73 Å². The van der Waals surface area contributed by atoms with Crippen LogP contribution in [-0.2, 0) is 0 Å². The molecule has 1 heterocycles. The van der Waals surface area contributed by atoms with Crippen molar-refractivity contribution in [3.05, 3.63) is 5.01 Å². The molecule has 0 aromatic carbocycles. The Labute approximate surface area is 92.1 Å². The molecule has 1 aliphatic rings. The van der Waals surface area contributed by atoms with Gasteiger partial charge in [-0.3, -0.25) is 4.79 Å². The van der Waals surface area contributed by atoms with E-state index in [1.165, 1.54) is 12.8 Å². The van der Waals surface area contributed by atoms with Gasteiger partial charge in [0.25, 0.3) is 5.91 Å². The van der Waals surface area contributed by atoms with Crippen LogP contribution in [0.4, 0.5) is 5.13 Å². The molecule has 1 fully saturated rings. The second-order valence-electron chi connectivity index (χ2n) is 4.40. The van der Waals surface area contributed by atoms with Crippen molar-refractivity contribution in [3.63, 3.8) is 0 Å². The molecule has 0 spiro atoms. The number of aromatic nitrogens is 2. The van der Waals surface area contributed by atoms with E-state index in [2.05, 4.69) is 15.5 Å². The molecule has 1 aromatic heterocycles. The minimum absolute atomic E-state index is 0.155. The average molecular weight is 226 g/mol. The van der Waals surface area contributed by atoms with Crippen molar-refractivity contribution in [3.8, 4) is 0 Å². The molecule has 0 saturated heterocycles. The number of amides is 1. The summed E-state index contributed by atoms with van der Waals surface area (Å²) in [5.41, 5.74) is 5.26. The SMILES string of the molecule is CC(C)(NC(=O)c1nnc(N)s1)C1CC1. The van der Waals surface area contributed by atoms with Crippen LogP contribution in [0.2, 0.25) is 0 Å². The van der Waals surface area contributed by atoms with Crippen molar-refractivity contribution in [1.82, 2.24) is 15.5 Å². The Kier molecular flexibility index (Phi) is 2.38. The molecule has 82 valence electrons. The zero-order chi connectivity index (χ0) is 11.1. The van der Waals surface area contributed by atoms with Crippen LogP contribution in [0.1, 0.15) is 36.5 Å². The van der Waals surface area contributed by atoms with Gasteiger partial charge in [0.2, 0.25) is 10.1 Å². The van der Waals surface area contributed by atoms with Gasteiger partial charge in [-0.15, -0.1) is 10.2 Å². The van der Waals surface area contributed by atoms with E-state index in [9.17, 15) is 4.79 Å². The highest BCUT2D eigenvalue weighted by Crippen LogP contribution is 2.39. The van der Waals surface area contributed by atoms with E-state index < -0.39 is 0 Å². The summed E-state index contributed by atoms with van der Waals surface area (Å²) in [7, 11) is 0. The molecule has 15 heavy (non-hydrogen) atoms. The highest BCUT2D eigenvalue weighted by molar-refractivity contribution is 7.16. The number of nitrogens with one attached hydrogen (secondary N) is 1. The minimum atomic E-state index is -0.180. The number of nitrogens with zero attached hydrogens (tertiary/aromatic N) is 2. The summed E-state index contributed by atoms with van der Waals surface area (Å²) in [6.07, 6.45) is 2.37. The molecule has 1 amide bonds. The second kappa shape index (κ2) is 3.44. The molecule has 6 heteroatoms. The first kappa shape index (κ1) is 10.4. The maximum absolute atomic E-state index is 11.7. The maximum atomic E-state index is 11.7. The molecule has 1 saturated carbocycles. The van der Waals surface area contributed by atoms with Gasteiger partial charge < -0.3 is 11.1 Å². The molecule has 1 aliphatic carbocycles. The lowest BCUT2D eigenvalue weighted by molar-refractivity contribution is 0.0902. The smallest absolute Gasteiger partial charge is 0.282 e. The van der Waals surface area contributed by atoms with E-state index in [0.717, 1.165) is 11.3 Å². The highest BCUT2D eigenvalue weighted by Gasteiger charge is 2.39. The number of rotatable bonds is 3. The Bertz CT molecular complexity index is 383. The number of anilines is 1. The minimum Gasteiger partial charge on any atom is -0.374 e. The zero-order valence-corrected chi connectivity index (χ0v) is 9.60. The number of hydrogen-bond donors (Lipinski definition) is 2. The van der Waals surface area contributed by atoms with Crippen LogP contribution < -0.4 is 11.1 Å². The van der Waals surface area contributed by atoms with Crippen LogP contribution in [0.3, 0.4) is 0 Å². The van der Waals surface area contributed by atoms with Gasteiger partial charge in [0.15, 0.2) is 0 Å². The van der Waals surface area contributed by atoms with Gasteiger partial charge in [-0.05, 0) is 32.6 Å². The number of nitrogens with two attached hydrogens (primary N) is 1. The summed E-state index contributed by atoms with van der Waals surface area (Å²) >= 11 is 1.11. The monoisotopic (exact) mass is 226 g/mol. The van der Waals surface area contributed by atoms with E-state index in [-0.39, 0.29) is 11.4 Å². The molecule has 5 nitrogen and oxygen atoms in total. The zero-order valence-electron chi connectivity index (χ0n) is 8.78. The Morgan fingerprint density at radius 3 is 2.67 bits per heavy atom. The van der Waals surface area contributed by atoms with E-state index >= 15 is 0 Å². The standard InChI is InChI=1S/C9H14N4OS/c1-9(2,5-3-4-5)11-6(14)7-12-13-8(10)15-7/h5H,3-4H2,1-2H3,(H2,10,13)(H,11,14). The van der Waals surface area contributed by atoms with E-state index in [1.807, 2.05) is 13.8 Å². The molecule has 0 bridgehead atoms. The van der Waals surface area contributed by atoms with Crippen molar-refractivity contribution in [2.45, 2.75) is 32.2 Å². The Balaban J connectivity index is 2.03. The summed E-state index contributed by atoms with van der Waals surface area (Å²) in [5.74, 6) is 0.410.